The number of amides is 2. The molecular weight excluding hydrogens is 614 g/mol. The van der Waals surface area contributed by atoms with E-state index in [-0.39, 0.29) is 34.1 Å². The molecule has 9 nitrogen and oxygen atoms in total. The summed E-state index contributed by atoms with van der Waals surface area (Å²) in [5, 5.41) is 3.35. The van der Waals surface area contributed by atoms with E-state index >= 15 is 0 Å². The predicted molar refractivity (Wildman–Crippen MR) is 176 cm³/mol. The first-order chi connectivity index (χ1) is 21.6. The SMILES string of the molecule is CC[C@H](C(=O)NC1CCCCC1)N(Cc1cccc(OC)c1)C(=O)CN(c1ccc(OC)c(Cl)c1)S(=O)(=O)c1ccc(C)cc1. The number of halogens is 1. The van der Waals surface area contributed by atoms with Crippen molar-refractivity contribution in [3.05, 3.63) is 82.9 Å². The van der Waals surface area contributed by atoms with Gasteiger partial charge in [-0.2, -0.15) is 0 Å². The first kappa shape index (κ1) is 34.1. The van der Waals surface area contributed by atoms with Crippen LogP contribution in [-0.4, -0.2) is 58.0 Å². The van der Waals surface area contributed by atoms with Crippen LogP contribution in [0.4, 0.5) is 5.69 Å². The summed E-state index contributed by atoms with van der Waals surface area (Å²) < 4.78 is 40.0. The number of carbonyl (C=O) groups is 2. The summed E-state index contributed by atoms with van der Waals surface area (Å²) >= 11 is 6.43. The fourth-order valence-electron chi connectivity index (χ4n) is 5.61. The molecule has 4 rings (SSSR count). The number of anilines is 1. The molecule has 0 spiro atoms. The molecule has 0 radical (unpaired) electrons. The quantitative estimate of drug-likeness (QED) is 0.238. The Balaban J connectivity index is 1.74. The minimum Gasteiger partial charge on any atom is -0.497 e. The van der Waals surface area contributed by atoms with Crippen LogP contribution in [-0.2, 0) is 26.2 Å². The van der Waals surface area contributed by atoms with Crippen LogP contribution in [0.25, 0.3) is 0 Å². The monoisotopic (exact) mass is 655 g/mol. The number of hydrogen-bond acceptors (Lipinski definition) is 6. The molecule has 1 aliphatic rings. The summed E-state index contributed by atoms with van der Waals surface area (Å²) in [6.07, 6.45) is 5.37. The minimum atomic E-state index is -4.23. The van der Waals surface area contributed by atoms with E-state index in [0.29, 0.717) is 17.9 Å². The van der Waals surface area contributed by atoms with Gasteiger partial charge in [0.05, 0.1) is 29.8 Å². The Morgan fingerprint density at radius 1 is 0.978 bits per heavy atom. The lowest BCUT2D eigenvalue weighted by Gasteiger charge is -2.34. The van der Waals surface area contributed by atoms with Crippen molar-refractivity contribution in [2.24, 2.45) is 0 Å². The first-order valence-electron chi connectivity index (χ1n) is 15.2. The lowest BCUT2D eigenvalue weighted by atomic mass is 9.95. The lowest BCUT2D eigenvalue weighted by molar-refractivity contribution is -0.140. The Labute approximate surface area is 271 Å². The molecule has 1 fully saturated rings. The highest BCUT2D eigenvalue weighted by Gasteiger charge is 2.34. The summed E-state index contributed by atoms with van der Waals surface area (Å²) in [4.78, 5) is 29.6. The zero-order chi connectivity index (χ0) is 32.6. The Morgan fingerprint density at radius 3 is 2.31 bits per heavy atom. The lowest BCUT2D eigenvalue weighted by Crippen LogP contribution is -2.54. The van der Waals surface area contributed by atoms with Crippen LogP contribution in [0.1, 0.15) is 56.6 Å². The Hall–Kier alpha value is -3.76. The van der Waals surface area contributed by atoms with Crippen molar-refractivity contribution >= 4 is 39.1 Å². The van der Waals surface area contributed by atoms with Gasteiger partial charge in [0.15, 0.2) is 0 Å². The van der Waals surface area contributed by atoms with Gasteiger partial charge in [0.2, 0.25) is 11.8 Å². The van der Waals surface area contributed by atoms with Gasteiger partial charge in [-0.05, 0) is 74.2 Å². The second-order valence-electron chi connectivity index (χ2n) is 11.3. The third-order valence-corrected chi connectivity index (χ3v) is 10.2. The normalized spacial score (nSPS) is 14.3. The van der Waals surface area contributed by atoms with Gasteiger partial charge in [-0.1, -0.05) is 67.6 Å². The molecule has 1 saturated carbocycles. The standard InChI is InChI=1S/C34H42ClN3O6S/c1-5-31(34(40)36-26-11-7-6-8-12-26)37(22-25-10-9-13-28(20-25)43-3)33(39)23-38(27-16-19-32(44-4)30(35)21-27)45(41,42)29-17-14-24(2)15-18-29/h9-10,13-21,26,31H,5-8,11-12,22-23H2,1-4H3,(H,36,40)/t31-/m1/s1. The molecule has 0 heterocycles. The van der Waals surface area contributed by atoms with E-state index in [9.17, 15) is 18.0 Å². The molecule has 1 N–H and O–H groups in total. The molecule has 3 aromatic carbocycles. The maximum atomic E-state index is 14.4. The van der Waals surface area contributed by atoms with Crippen molar-refractivity contribution in [3.8, 4) is 11.5 Å². The van der Waals surface area contributed by atoms with E-state index in [1.165, 1.54) is 30.2 Å². The number of ether oxygens (including phenoxy) is 2. The van der Waals surface area contributed by atoms with Crippen molar-refractivity contribution < 1.29 is 27.5 Å². The average Bonchev–Trinajstić information content (AvgIpc) is 3.04. The van der Waals surface area contributed by atoms with Crippen molar-refractivity contribution in [2.45, 2.75) is 75.9 Å². The van der Waals surface area contributed by atoms with Crippen LogP contribution < -0.4 is 19.1 Å². The molecule has 1 aliphatic carbocycles. The topological polar surface area (TPSA) is 105 Å². The fraction of sp³-hybridized carbons (Fsp3) is 0.412. The van der Waals surface area contributed by atoms with Crippen molar-refractivity contribution in [1.82, 2.24) is 10.2 Å². The van der Waals surface area contributed by atoms with Gasteiger partial charge in [0.25, 0.3) is 10.0 Å². The number of hydrogen-bond donors (Lipinski definition) is 1. The summed E-state index contributed by atoms with van der Waals surface area (Å²) in [5.74, 6) is 0.188. The molecule has 0 bridgehead atoms. The zero-order valence-corrected chi connectivity index (χ0v) is 27.9. The number of benzene rings is 3. The molecule has 1 atom stereocenters. The van der Waals surface area contributed by atoms with Gasteiger partial charge >= 0.3 is 0 Å². The molecule has 3 aromatic rings. The van der Waals surface area contributed by atoms with Gasteiger partial charge < -0.3 is 19.7 Å². The molecule has 2 amide bonds. The predicted octanol–water partition coefficient (Wildman–Crippen LogP) is 6.12. The number of nitrogens with zero attached hydrogens (tertiary/aromatic N) is 2. The van der Waals surface area contributed by atoms with Crippen LogP contribution in [0.3, 0.4) is 0 Å². The maximum Gasteiger partial charge on any atom is 0.264 e. The van der Waals surface area contributed by atoms with Crippen molar-refractivity contribution in [2.75, 3.05) is 25.1 Å². The number of nitrogens with one attached hydrogen (secondary N) is 1. The highest BCUT2D eigenvalue weighted by molar-refractivity contribution is 7.92. The zero-order valence-electron chi connectivity index (χ0n) is 26.3. The molecule has 0 unspecified atom stereocenters. The smallest absolute Gasteiger partial charge is 0.264 e. The molecular formula is C34H42ClN3O6S. The van der Waals surface area contributed by atoms with E-state index in [1.807, 2.05) is 26.0 Å². The number of methoxy groups -OCH3 is 2. The van der Waals surface area contributed by atoms with Gasteiger partial charge in [0.1, 0.15) is 24.1 Å². The van der Waals surface area contributed by atoms with E-state index < -0.39 is 28.5 Å². The Bertz CT molecular complexity index is 1570. The van der Waals surface area contributed by atoms with Gasteiger partial charge in [-0.25, -0.2) is 8.42 Å². The fourth-order valence-corrected chi connectivity index (χ4v) is 7.27. The number of aryl methyl sites for hydroxylation is 1. The highest BCUT2D eigenvalue weighted by Crippen LogP contribution is 2.32. The molecule has 11 heteroatoms. The van der Waals surface area contributed by atoms with Crippen LogP contribution in [0.5, 0.6) is 11.5 Å². The molecule has 0 saturated heterocycles. The minimum absolute atomic E-state index is 0.0225. The van der Waals surface area contributed by atoms with E-state index in [4.69, 9.17) is 21.1 Å². The van der Waals surface area contributed by atoms with Crippen LogP contribution >= 0.6 is 11.6 Å². The van der Waals surface area contributed by atoms with Crippen molar-refractivity contribution in [1.29, 1.82) is 0 Å². The Kier molecular flexibility index (Phi) is 11.7. The number of sulfonamides is 1. The molecule has 0 aromatic heterocycles. The third kappa shape index (κ3) is 8.49. The third-order valence-electron chi connectivity index (χ3n) is 8.14. The van der Waals surface area contributed by atoms with Crippen LogP contribution in [0, 0.1) is 6.92 Å². The van der Waals surface area contributed by atoms with Gasteiger partial charge in [0, 0.05) is 12.6 Å². The molecule has 0 aliphatic heterocycles. The molecule has 242 valence electrons. The Morgan fingerprint density at radius 2 is 1.69 bits per heavy atom. The largest absolute Gasteiger partial charge is 0.497 e. The van der Waals surface area contributed by atoms with E-state index in [0.717, 1.165) is 47.5 Å². The van der Waals surface area contributed by atoms with Crippen LogP contribution in [0.2, 0.25) is 5.02 Å². The van der Waals surface area contributed by atoms with Gasteiger partial charge in [-0.3, -0.25) is 13.9 Å². The summed E-state index contributed by atoms with van der Waals surface area (Å²) in [5.41, 5.74) is 1.83. The summed E-state index contributed by atoms with van der Waals surface area (Å²) in [6, 6.07) is 17.5. The first-order valence-corrected chi connectivity index (χ1v) is 17.0. The van der Waals surface area contributed by atoms with Crippen LogP contribution in [0.15, 0.2) is 71.6 Å². The second-order valence-corrected chi connectivity index (χ2v) is 13.6. The van der Waals surface area contributed by atoms with E-state index in [1.54, 1.807) is 43.5 Å². The maximum absolute atomic E-state index is 14.4. The molecule has 45 heavy (non-hydrogen) atoms. The van der Waals surface area contributed by atoms with E-state index in [2.05, 4.69) is 5.32 Å². The van der Waals surface area contributed by atoms with Gasteiger partial charge in [-0.15, -0.1) is 0 Å². The second kappa shape index (κ2) is 15.5. The summed E-state index contributed by atoms with van der Waals surface area (Å²) in [7, 11) is -1.21. The number of carbonyl (C=O) groups excluding carboxylic acids is 2. The summed E-state index contributed by atoms with van der Waals surface area (Å²) in [6.45, 7) is 3.23. The highest BCUT2D eigenvalue weighted by atomic mass is 35.5. The average molecular weight is 656 g/mol. The van der Waals surface area contributed by atoms with Crippen molar-refractivity contribution in [3.63, 3.8) is 0 Å². The number of rotatable bonds is 13.